The van der Waals surface area contributed by atoms with Crippen LogP contribution in [0.2, 0.25) is 0 Å². The Morgan fingerprint density at radius 3 is 2.23 bits per heavy atom. The number of likely N-dealkylation sites (tertiary alicyclic amines) is 2. The summed E-state index contributed by atoms with van der Waals surface area (Å²) in [4.78, 5) is 29.5. The molecule has 6 heteroatoms. The highest BCUT2D eigenvalue weighted by Gasteiger charge is 2.29. The molecule has 0 N–H and O–H groups in total. The maximum absolute atomic E-state index is 13.0. The Morgan fingerprint density at radius 2 is 1.57 bits per heavy atom. The molecule has 2 atom stereocenters. The number of benzene rings is 2. The summed E-state index contributed by atoms with van der Waals surface area (Å²) in [6, 6.07) is 13.9. The Morgan fingerprint density at radius 1 is 0.914 bits per heavy atom. The lowest BCUT2D eigenvalue weighted by molar-refractivity contribution is -0.139. The number of aryl methyl sites for hydroxylation is 2. The molecular weight excluding hydrogens is 440 g/mol. The van der Waals surface area contributed by atoms with Crippen molar-refractivity contribution in [3.8, 4) is 11.5 Å². The Bertz CT molecular complexity index is 1020. The highest BCUT2D eigenvalue weighted by molar-refractivity contribution is 5.94. The zero-order valence-corrected chi connectivity index (χ0v) is 21.5. The van der Waals surface area contributed by atoms with Gasteiger partial charge in [0.25, 0.3) is 11.8 Å². The molecule has 0 radical (unpaired) electrons. The van der Waals surface area contributed by atoms with E-state index in [1.54, 1.807) is 24.3 Å². The zero-order valence-electron chi connectivity index (χ0n) is 21.5. The van der Waals surface area contributed by atoms with Gasteiger partial charge < -0.3 is 19.3 Å². The van der Waals surface area contributed by atoms with E-state index in [2.05, 4.69) is 45.9 Å². The van der Waals surface area contributed by atoms with E-state index in [1.165, 1.54) is 12.0 Å². The van der Waals surface area contributed by atoms with Gasteiger partial charge in [0.1, 0.15) is 17.6 Å². The quantitative estimate of drug-likeness (QED) is 0.576. The van der Waals surface area contributed by atoms with E-state index in [9.17, 15) is 9.59 Å². The molecule has 0 bridgehead atoms. The van der Waals surface area contributed by atoms with Crippen LogP contribution in [0.3, 0.4) is 0 Å². The summed E-state index contributed by atoms with van der Waals surface area (Å²) >= 11 is 0. The zero-order chi connectivity index (χ0) is 24.9. The van der Waals surface area contributed by atoms with E-state index in [1.807, 2.05) is 9.80 Å². The first-order chi connectivity index (χ1) is 16.8. The fourth-order valence-electron chi connectivity index (χ4n) is 5.20. The van der Waals surface area contributed by atoms with Crippen LogP contribution in [0.4, 0.5) is 0 Å². The Labute approximate surface area is 209 Å². The van der Waals surface area contributed by atoms with E-state index < -0.39 is 0 Å². The smallest absolute Gasteiger partial charge is 0.260 e. The highest BCUT2D eigenvalue weighted by atomic mass is 16.5. The lowest BCUT2D eigenvalue weighted by Gasteiger charge is -2.38. The molecule has 2 unspecified atom stereocenters. The van der Waals surface area contributed by atoms with Crippen molar-refractivity contribution in [1.82, 2.24) is 9.80 Å². The summed E-state index contributed by atoms with van der Waals surface area (Å²) in [6.45, 7) is 9.71. The molecule has 2 saturated heterocycles. The molecular formula is C29H38N2O4. The second-order valence-electron chi connectivity index (χ2n) is 10.1. The predicted octanol–water partition coefficient (Wildman–Crippen LogP) is 5.16. The number of carbonyl (C=O) groups is 2. The summed E-state index contributed by atoms with van der Waals surface area (Å²) in [5.74, 6) is 1.59. The van der Waals surface area contributed by atoms with Gasteiger partial charge in [-0.25, -0.2) is 0 Å². The van der Waals surface area contributed by atoms with Crippen LogP contribution in [-0.4, -0.2) is 59.5 Å². The van der Waals surface area contributed by atoms with E-state index in [0.717, 1.165) is 37.0 Å². The van der Waals surface area contributed by atoms with Crippen LogP contribution >= 0.6 is 0 Å². The van der Waals surface area contributed by atoms with Crippen molar-refractivity contribution in [2.24, 2.45) is 0 Å². The summed E-state index contributed by atoms with van der Waals surface area (Å²) in [7, 11) is 0. The van der Waals surface area contributed by atoms with Crippen molar-refractivity contribution in [3.05, 3.63) is 59.2 Å². The van der Waals surface area contributed by atoms with Crippen molar-refractivity contribution in [3.63, 3.8) is 0 Å². The number of hydrogen-bond donors (Lipinski definition) is 0. The van der Waals surface area contributed by atoms with Crippen LogP contribution in [0.5, 0.6) is 11.5 Å². The van der Waals surface area contributed by atoms with Gasteiger partial charge >= 0.3 is 0 Å². The minimum atomic E-state index is 0.0220. The molecule has 2 heterocycles. The lowest BCUT2D eigenvalue weighted by Crippen LogP contribution is -2.49. The van der Waals surface area contributed by atoms with E-state index in [4.69, 9.17) is 9.47 Å². The Hall–Kier alpha value is -3.02. The monoisotopic (exact) mass is 478 g/mol. The lowest BCUT2D eigenvalue weighted by atomic mass is 9.97. The highest BCUT2D eigenvalue weighted by Crippen LogP contribution is 2.25. The maximum Gasteiger partial charge on any atom is 0.260 e. The van der Waals surface area contributed by atoms with Crippen LogP contribution in [0.1, 0.15) is 67.4 Å². The van der Waals surface area contributed by atoms with Gasteiger partial charge in [-0.15, -0.1) is 0 Å². The fraction of sp³-hybridized carbons (Fsp3) is 0.517. The maximum atomic E-state index is 13.0. The SMILES string of the molecule is Cc1ccc(C)c(OC2CCN(C(=O)c3ccc(OCC(=O)N4C(C)CCCC4C)cc3)CC2)c1. The van der Waals surface area contributed by atoms with Gasteiger partial charge in [0, 0.05) is 43.6 Å². The van der Waals surface area contributed by atoms with Crippen molar-refractivity contribution in [1.29, 1.82) is 0 Å². The molecule has 2 aromatic carbocycles. The largest absolute Gasteiger partial charge is 0.490 e. The average molecular weight is 479 g/mol. The van der Waals surface area contributed by atoms with Crippen LogP contribution in [0.25, 0.3) is 0 Å². The van der Waals surface area contributed by atoms with Gasteiger partial charge in [0.2, 0.25) is 0 Å². The number of nitrogens with zero attached hydrogens (tertiary/aromatic N) is 2. The molecule has 2 aliphatic rings. The third kappa shape index (κ3) is 6.16. The van der Waals surface area contributed by atoms with Crippen LogP contribution in [0.15, 0.2) is 42.5 Å². The molecule has 2 amide bonds. The summed E-state index contributed by atoms with van der Waals surface area (Å²) < 4.78 is 12.0. The summed E-state index contributed by atoms with van der Waals surface area (Å²) in [5, 5.41) is 0. The Balaban J connectivity index is 1.26. The standard InChI is InChI=1S/C29H38N2O4/c1-20-8-9-21(2)27(18-20)35-26-14-16-30(17-15-26)29(33)24-10-12-25(13-11-24)34-19-28(32)31-22(3)6-5-7-23(31)4/h8-13,18,22-23,26H,5-7,14-17,19H2,1-4H3. The van der Waals surface area contributed by atoms with Gasteiger partial charge in [-0.1, -0.05) is 12.1 Å². The summed E-state index contributed by atoms with van der Waals surface area (Å²) in [6.07, 6.45) is 5.01. The van der Waals surface area contributed by atoms with Gasteiger partial charge in [-0.3, -0.25) is 9.59 Å². The molecule has 0 aliphatic carbocycles. The van der Waals surface area contributed by atoms with Crippen LogP contribution in [-0.2, 0) is 4.79 Å². The van der Waals surface area contributed by atoms with Crippen molar-refractivity contribution < 1.29 is 19.1 Å². The molecule has 2 fully saturated rings. The molecule has 35 heavy (non-hydrogen) atoms. The number of amides is 2. The number of piperidine rings is 2. The average Bonchev–Trinajstić information content (AvgIpc) is 2.85. The third-order valence-electron chi connectivity index (χ3n) is 7.31. The topological polar surface area (TPSA) is 59.1 Å². The molecule has 188 valence electrons. The summed E-state index contributed by atoms with van der Waals surface area (Å²) in [5.41, 5.74) is 2.96. The van der Waals surface area contributed by atoms with Crippen molar-refractivity contribution in [2.75, 3.05) is 19.7 Å². The molecule has 2 aromatic rings. The van der Waals surface area contributed by atoms with Crippen LogP contribution in [0, 0.1) is 13.8 Å². The van der Waals surface area contributed by atoms with Gasteiger partial charge in [-0.2, -0.15) is 0 Å². The van der Waals surface area contributed by atoms with E-state index >= 15 is 0 Å². The van der Waals surface area contributed by atoms with Crippen molar-refractivity contribution in [2.45, 2.75) is 78.0 Å². The minimum absolute atomic E-state index is 0.0220. The molecule has 0 saturated carbocycles. The number of carbonyl (C=O) groups excluding carboxylic acids is 2. The van der Waals surface area contributed by atoms with E-state index in [0.29, 0.717) is 24.4 Å². The number of hydrogen-bond acceptors (Lipinski definition) is 4. The second kappa shape index (κ2) is 11.1. The number of ether oxygens (including phenoxy) is 2. The molecule has 4 rings (SSSR count). The first-order valence-corrected chi connectivity index (χ1v) is 12.9. The number of rotatable bonds is 6. The van der Waals surface area contributed by atoms with E-state index in [-0.39, 0.29) is 36.6 Å². The predicted molar refractivity (Wildman–Crippen MR) is 137 cm³/mol. The van der Waals surface area contributed by atoms with Gasteiger partial charge in [0.05, 0.1) is 0 Å². The third-order valence-corrected chi connectivity index (χ3v) is 7.31. The first kappa shape index (κ1) is 25.1. The van der Waals surface area contributed by atoms with Crippen LogP contribution < -0.4 is 9.47 Å². The molecule has 2 aliphatic heterocycles. The van der Waals surface area contributed by atoms with Gasteiger partial charge in [-0.05, 0) is 88.4 Å². The molecule has 0 spiro atoms. The second-order valence-corrected chi connectivity index (χ2v) is 10.1. The normalized spacial score (nSPS) is 21.0. The molecule has 6 nitrogen and oxygen atoms in total. The molecule has 0 aromatic heterocycles. The van der Waals surface area contributed by atoms with Crippen molar-refractivity contribution >= 4 is 11.8 Å². The van der Waals surface area contributed by atoms with Gasteiger partial charge in [0.15, 0.2) is 6.61 Å². The minimum Gasteiger partial charge on any atom is -0.490 e. The first-order valence-electron chi connectivity index (χ1n) is 12.9. The fourth-order valence-corrected chi connectivity index (χ4v) is 5.20. The Kier molecular flexibility index (Phi) is 7.99.